The van der Waals surface area contributed by atoms with Crippen LogP contribution >= 0.6 is 0 Å². The van der Waals surface area contributed by atoms with E-state index in [0.717, 1.165) is 12.5 Å². The van der Waals surface area contributed by atoms with Crippen molar-refractivity contribution in [2.24, 2.45) is 0 Å². The van der Waals surface area contributed by atoms with E-state index in [1.807, 2.05) is 0 Å². The van der Waals surface area contributed by atoms with E-state index in [9.17, 15) is 0 Å². The second kappa shape index (κ2) is 27.8. The van der Waals surface area contributed by atoms with Crippen LogP contribution in [0.1, 0.15) is 212 Å². The van der Waals surface area contributed by atoms with Crippen molar-refractivity contribution >= 4 is 0 Å². The second-order valence-corrected chi connectivity index (χ2v) is 12.4. The molecule has 1 N–H and O–H groups in total. The number of hydrogen-bond donors (Lipinski definition) is 1. The number of aryl methyl sites for hydroxylation is 1. The molecule has 0 unspecified atom stereocenters. The van der Waals surface area contributed by atoms with E-state index in [4.69, 9.17) is 0 Å². The van der Waals surface area contributed by atoms with Gasteiger partial charge in [0.05, 0.1) is 12.5 Å². The first-order valence-corrected chi connectivity index (χ1v) is 17.9. The molecule has 1 heterocycles. The molecule has 0 spiro atoms. The van der Waals surface area contributed by atoms with Crippen molar-refractivity contribution in [2.45, 2.75) is 213 Å². The van der Waals surface area contributed by atoms with Crippen molar-refractivity contribution in [1.82, 2.24) is 4.98 Å². The zero-order chi connectivity index (χ0) is 27.4. The molecule has 1 atom stereocenters. The van der Waals surface area contributed by atoms with E-state index < -0.39 is 0 Å². The fraction of sp³-hybridized carbons (Fsp3) is 0.917. The molecule has 0 bridgehead atoms. The Balaban J connectivity index is 2.07. The number of nitrogens with one attached hydrogen (secondary N) is 1. The molecular weight excluding hydrogens is 460 g/mol. The van der Waals surface area contributed by atoms with Crippen molar-refractivity contribution in [2.75, 3.05) is 0 Å². The molecule has 2 heteroatoms. The normalized spacial score (nSPS) is 12.4. The average molecular weight is 532 g/mol. The number of aromatic amines is 1. The molecular formula is C36H71N2+. The summed E-state index contributed by atoms with van der Waals surface area (Å²) in [6, 6.07) is 0. The summed E-state index contributed by atoms with van der Waals surface area (Å²) in [4.78, 5) is 3.61. The minimum Gasteiger partial charge on any atom is -0.247 e. The van der Waals surface area contributed by atoms with Crippen molar-refractivity contribution in [3.05, 3.63) is 18.2 Å². The molecule has 0 amide bonds. The fourth-order valence-corrected chi connectivity index (χ4v) is 6.24. The van der Waals surface area contributed by atoms with Gasteiger partial charge in [-0.05, 0) is 19.8 Å². The van der Waals surface area contributed by atoms with Crippen molar-refractivity contribution in [1.29, 1.82) is 0 Å². The highest BCUT2D eigenvalue weighted by molar-refractivity contribution is 4.90. The van der Waals surface area contributed by atoms with Crippen LogP contribution in [-0.2, 0) is 6.54 Å². The molecule has 1 rings (SSSR count). The topological polar surface area (TPSA) is 19.7 Å². The summed E-state index contributed by atoms with van der Waals surface area (Å²) in [5, 5.41) is 0. The Hall–Kier alpha value is -0.790. The van der Waals surface area contributed by atoms with Gasteiger partial charge in [0.25, 0.3) is 5.82 Å². The first-order chi connectivity index (χ1) is 18.8. The van der Waals surface area contributed by atoms with Crippen molar-refractivity contribution < 1.29 is 4.57 Å². The molecule has 1 aromatic rings. The maximum absolute atomic E-state index is 3.61. The van der Waals surface area contributed by atoms with Gasteiger partial charge in [-0.15, -0.1) is 0 Å². The Labute approximate surface area is 240 Å². The van der Waals surface area contributed by atoms with Gasteiger partial charge in [0.15, 0.2) is 0 Å². The highest BCUT2D eigenvalue weighted by Gasteiger charge is 2.21. The number of hydrogen-bond acceptors (Lipinski definition) is 0. The first-order valence-electron chi connectivity index (χ1n) is 17.9. The van der Waals surface area contributed by atoms with E-state index in [-0.39, 0.29) is 0 Å². The molecule has 1 aromatic heterocycles. The summed E-state index contributed by atoms with van der Waals surface area (Å²) in [6.45, 7) is 7.99. The summed E-state index contributed by atoms with van der Waals surface area (Å²) >= 11 is 0. The summed E-state index contributed by atoms with van der Waals surface area (Å²) < 4.78 is 2.45. The van der Waals surface area contributed by atoms with Gasteiger partial charge in [0.1, 0.15) is 12.4 Å². The highest BCUT2D eigenvalue weighted by Crippen LogP contribution is 2.26. The molecule has 0 aliphatic heterocycles. The van der Waals surface area contributed by atoms with E-state index >= 15 is 0 Å². The zero-order valence-electron chi connectivity index (χ0n) is 26.7. The van der Waals surface area contributed by atoms with Crippen LogP contribution < -0.4 is 4.57 Å². The Bertz CT molecular complexity index is 578. The maximum atomic E-state index is 3.61. The van der Waals surface area contributed by atoms with Gasteiger partial charge in [-0.3, -0.25) is 0 Å². The Morgan fingerprint density at radius 3 is 1.11 bits per heavy atom. The smallest absolute Gasteiger partial charge is 0.247 e. The molecule has 224 valence electrons. The van der Waals surface area contributed by atoms with Crippen LogP contribution in [0.3, 0.4) is 0 Å². The van der Waals surface area contributed by atoms with E-state index in [1.54, 1.807) is 0 Å². The lowest BCUT2D eigenvalue weighted by atomic mass is 9.93. The third-order valence-corrected chi connectivity index (χ3v) is 8.83. The van der Waals surface area contributed by atoms with E-state index in [2.05, 4.69) is 42.7 Å². The van der Waals surface area contributed by atoms with Crippen molar-refractivity contribution in [3.63, 3.8) is 0 Å². The lowest BCUT2D eigenvalue weighted by Gasteiger charge is -2.14. The van der Waals surface area contributed by atoms with Crippen LogP contribution in [0.5, 0.6) is 0 Å². The third-order valence-electron chi connectivity index (χ3n) is 8.83. The summed E-state index contributed by atoms with van der Waals surface area (Å²) in [6.07, 6.45) is 44.7. The molecule has 2 nitrogen and oxygen atoms in total. The second-order valence-electron chi connectivity index (χ2n) is 12.4. The van der Waals surface area contributed by atoms with Crippen molar-refractivity contribution in [3.8, 4) is 0 Å². The first kappa shape index (κ1) is 35.2. The lowest BCUT2D eigenvalue weighted by Crippen LogP contribution is -2.36. The maximum Gasteiger partial charge on any atom is 0.257 e. The number of aromatic nitrogens is 2. The monoisotopic (exact) mass is 532 g/mol. The largest absolute Gasteiger partial charge is 0.257 e. The summed E-state index contributed by atoms with van der Waals surface area (Å²) in [5.74, 6) is 2.22. The van der Waals surface area contributed by atoms with Gasteiger partial charge in [0, 0.05) is 0 Å². The molecule has 0 saturated carbocycles. The van der Waals surface area contributed by atoms with Crippen LogP contribution in [0, 0.1) is 0 Å². The number of imidazole rings is 1. The summed E-state index contributed by atoms with van der Waals surface area (Å²) in [5.41, 5.74) is 0. The van der Waals surface area contributed by atoms with Gasteiger partial charge in [-0.1, -0.05) is 181 Å². The highest BCUT2D eigenvalue weighted by atomic mass is 15.1. The zero-order valence-corrected chi connectivity index (χ0v) is 26.7. The van der Waals surface area contributed by atoms with E-state index in [1.165, 1.54) is 186 Å². The molecule has 0 aliphatic carbocycles. The summed E-state index contributed by atoms with van der Waals surface area (Å²) in [7, 11) is 0. The molecule has 0 fully saturated rings. The van der Waals surface area contributed by atoms with Gasteiger partial charge in [0.2, 0.25) is 0 Å². The molecule has 0 saturated heterocycles. The SMILES string of the molecule is CCCCCCCCCCCCCCCCC[C@H](CCCCCCCCCCCCC)c1[nH]cc[n+]1CC. The standard InChI is InChI=1S/C36H70N2/c1-4-7-9-11-13-15-17-18-19-20-22-24-26-28-30-32-35(36-37-33-34-38(36)6-3)31-29-27-25-23-21-16-14-12-10-8-5-2/h33-35H,4-32H2,1-3H3/p+1/t35-/m0/s1. The van der Waals surface area contributed by atoms with Crippen LogP contribution in [-0.4, -0.2) is 4.98 Å². The van der Waals surface area contributed by atoms with Gasteiger partial charge in [-0.25, -0.2) is 9.55 Å². The Morgan fingerprint density at radius 1 is 0.474 bits per heavy atom. The fourth-order valence-electron chi connectivity index (χ4n) is 6.24. The minimum atomic E-state index is 0.727. The van der Waals surface area contributed by atoms with Gasteiger partial charge >= 0.3 is 0 Å². The molecule has 0 aliphatic rings. The average Bonchev–Trinajstić information content (AvgIpc) is 3.41. The van der Waals surface area contributed by atoms with Gasteiger partial charge < -0.3 is 0 Å². The lowest BCUT2D eigenvalue weighted by molar-refractivity contribution is -0.701. The quantitative estimate of drug-likeness (QED) is 0.0752. The molecule has 0 radical (unpaired) electrons. The van der Waals surface area contributed by atoms with Crippen LogP contribution in [0.4, 0.5) is 0 Å². The Morgan fingerprint density at radius 2 is 0.789 bits per heavy atom. The molecule has 0 aromatic carbocycles. The Kier molecular flexibility index (Phi) is 25.7. The number of unbranched alkanes of at least 4 members (excludes halogenated alkanes) is 24. The minimum absolute atomic E-state index is 0.727. The van der Waals surface area contributed by atoms with Crippen LogP contribution in [0.2, 0.25) is 0 Å². The predicted molar refractivity (Wildman–Crippen MR) is 170 cm³/mol. The molecule has 38 heavy (non-hydrogen) atoms. The van der Waals surface area contributed by atoms with Gasteiger partial charge in [-0.2, -0.15) is 0 Å². The van der Waals surface area contributed by atoms with Crippen LogP contribution in [0.25, 0.3) is 0 Å². The van der Waals surface area contributed by atoms with Crippen LogP contribution in [0.15, 0.2) is 12.4 Å². The number of nitrogens with zero attached hydrogens (tertiary/aromatic N) is 1. The predicted octanol–water partition coefficient (Wildman–Crippen LogP) is 12.4. The number of H-pyrrole nitrogens is 1. The van der Waals surface area contributed by atoms with E-state index in [0.29, 0.717) is 0 Å². The third kappa shape index (κ3) is 20.2. The number of rotatable bonds is 30.